The molecule has 0 atom stereocenters. The Morgan fingerprint density at radius 2 is 1.80 bits per heavy atom. The van der Waals surface area contributed by atoms with Gasteiger partial charge in [-0.15, -0.1) is 11.3 Å². The highest BCUT2D eigenvalue weighted by Gasteiger charge is 2.25. The molecule has 0 bridgehead atoms. The van der Waals surface area contributed by atoms with Gasteiger partial charge in [0.1, 0.15) is 9.88 Å². The standard InChI is InChI=1S/C12H21N5O2S/c1-12(2,17(3)4)5-16-11-6(9(14)18)7(13)8(20-11)10(15)19/h16H,5,13H2,1-4H3,(H2,14,18)(H2,15,19). The second-order valence-electron chi connectivity index (χ2n) is 5.34. The van der Waals surface area contributed by atoms with Gasteiger partial charge in [0, 0.05) is 12.1 Å². The molecule has 20 heavy (non-hydrogen) atoms. The van der Waals surface area contributed by atoms with Gasteiger partial charge >= 0.3 is 0 Å². The molecule has 0 saturated heterocycles. The van der Waals surface area contributed by atoms with Gasteiger partial charge < -0.3 is 27.4 Å². The molecular formula is C12H21N5O2S. The van der Waals surface area contributed by atoms with Crippen molar-refractivity contribution in [2.24, 2.45) is 11.5 Å². The number of nitrogens with zero attached hydrogens (tertiary/aromatic N) is 1. The Morgan fingerprint density at radius 1 is 1.25 bits per heavy atom. The van der Waals surface area contributed by atoms with Crippen LogP contribution in [0.3, 0.4) is 0 Å². The first kappa shape index (κ1) is 16.3. The molecule has 1 aromatic rings. The molecule has 7 nitrogen and oxygen atoms in total. The molecule has 7 N–H and O–H groups in total. The van der Waals surface area contributed by atoms with E-state index in [2.05, 4.69) is 5.32 Å². The molecule has 0 spiro atoms. The van der Waals surface area contributed by atoms with Crippen LogP contribution in [0.2, 0.25) is 0 Å². The number of nitrogens with two attached hydrogens (primary N) is 3. The van der Waals surface area contributed by atoms with E-state index in [1.807, 2.05) is 32.8 Å². The van der Waals surface area contributed by atoms with Gasteiger partial charge in [-0.25, -0.2) is 0 Å². The fourth-order valence-corrected chi connectivity index (χ4v) is 2.42. The highest BCUT2D eigenvalue weighted by atomic mass is 32.1. The van der Waals surface area contributed by atoms with E-state index in [-0.39, 0.29) is 21.7 Å². The molecule has 1 rings (SSSR count). The Labute approximate surface area is 122 Å². The van der Waals surface area contributed by atoms with E-state index < -0.39 is 11.8 Å². The minimum Gasteiger partial charge on any atom is -0.397 e. The number of hydrogen-bond donors (Lipinski definition) is 4. The van der Waals surface area contributed by atoms with E-state index in [0.717, 1.165) is 11.3 Å². The molecule has 2 amide bonds. The summed E-state index contributed by atoms with van der Waals surface area (Å²) in [6.07, 6.45) is 0. The Balaban J connectivity index is 3.10. The van der Waals surface area contributed by atoms with Crippen molar-refractivity contribution in [1.29, 1.82) is 0 Å². The van der Waals surface area contributed by atoms with Crippen molar-refractivity contribution in [2.45, 2.75) is 19.4 Å². The molecule has 1 heterocycles. The van der Waals surface area contributed by atoms with E-state index in [0.29, 0.717) is 11.5 Å². The lowest BCUT2D eigenvalue weighted by Crippen LogP contribution is -2.44. The minimum atomic E-state index is -0.684. The van der Waals surface area contributed by atoms with Gasteiger partial charge in [-0.2, -0.15) is 0 Å². The van der Waals surface area contributed by atoms with Gasteiger partial charge in [-0.05, 0) is 27.9 Å². The van der Waals surface area contributed by atoms with Crippen LogP contribution in [0.15, 0.2) is 0 Å². The maximum atomic E-state index is 11.5. The van der Waals surface area contributed by atoms with Crippen molar-refractivity contribution < 1.29 is 9.59 Å². The molecule has 0 aliphatic rings. The molecule has 0 saturated carbocycles. The van der Waals surface area contributed by atoms with E-state index >= 15 is 0 Å². The molecule has 0 radical (unpaired) electrons. The van der Waals surface area contributed by atoms with E-state index in [9.17, 15) is 9.59 Å². The predicted molar refractivity (Wildman–Crippen MR) is 82.0 cm³/mol. The second kappa shape index (κ2) is 5.68. The first-order chi connectivity index (χ1) is 9.08. The maximum Gasteiger partial charge on any atom is 0.260 e. The highest BCUT2D eigenvalue weighted by molar-refractivity contribution is 7.19. The average molecular weight is 299 g/mol. The van der Waals surface area contributed by atoms with Crippen molar-refractivity contribution in [3.63, 3.8) is 0 Å². The first-order valence-corrected chi connectivity index (χ1v) is 6.82. The first-order valence-electron chi connectivity index (χ1n) is 6.01. The predicted octanol–water partition coefficient (Wildman–Crippen LogP) is 0.280. The number of likely N-dealkylation sites (N-methyl/N-ethyl adjacent to an activating group) is 1. The van der Waals surface area contributed by atoms with E-state index in [4.69, 9.17) is 17.2 Å². The number of nitrogens with one attached hydrogen (secondary N) is 1. The van der Waals surface area contributed by atoms with Crippen LogP contribution >= 0.6 is 11.3 Å². The number of rotatable bonds is 6. The van der Waals surface area contributed by atoms with Gasteiger partial charge in [-0.3, -0.25) is 9.59 Å². The van der Waals surface area contributed by atoms with Crippen LogP contribution in [0.25, 0.3) is 0 Å². The largest absolute Gasteiger partial charge is 0.397 e. The van der Waals surface area contributed by atoms with E-state index in [1.165, 1.54) is 0 Å². The lowest BCUT2D eigenvalue weighted by atomic mass is 10.0. The third-order valence-corrected chi connectivity index (χ3v) is 4.49. The van der Waals surface area contributed by atoms with E-state index in [1.54, 1.807) is 0 Å². The SMILES string of the molecule is CN(C)C(C)(C)CNc1sc(C(N)=O)c(N)c1C(N)=O. The van der Waals surface area contributed by atoms with Crippen LogP contribution in [0.5, 0.6) is 0 Å². The zero-order valence-corrected chi connectivity index (χ0v) is 12.9. The van der Waals surface area contributed by atoms with Crippen LogP contribution in [-0.2, 0) is 0 Å². The average Bonchev–Trinajstić information content (AvgIpc) is 2.63. The zero-order chi connectivity index (χ0) is 15.7. The Kier molecular flexibility index (Phi) is 4.61. The quantitative estimate of drug-likeness (QED) is 0.600. The van der Waals surface area contributed by atoms with Gasteiger partial charge in [0.05, 0.1) is 11.3 Å². The normalized spacial score (nSPS) is 11.7. The summed E-state index contributed by atoms with van der Waals surface area (Å²) >= 11 is 1.04. The summed E-state index contributed by atoms with van der Waals surface area (Å²) in [5, 5.41) is 3.59. The van der Waals surface area contributed by atoms with Crippen LogP contribution in [0.1, 0.15) is 33.9 Å². The number of carbonyl (C=O) groups excluding carboxylic acids is 2. The molecule has 0 aromatic carbocycles. The van der Waals surface area contributed by atoms with Crippen LogP contribution in [0.4, 0.5) is 10.7 Å². The number of primary amides is 2. The van der Waals surface area contributed by atoms with Crippen molar-refractivity contribution in [1.82, 2.24) is 4.90 Å². The van der Waals surface area contributed by atoms with Gasteiger partial charge in [0.25, 0.3) is 11.8 Å². The highest BCUT2D eigenvalue weighted by Crippen LogP contribution is 2.35. The monoisotopic (exact) mass is 299 g/mol. The Hall–Kier alpha value is -1.80. The van der Waals surface area contributed by atoms with Crippen LogP contribution < -0.4 is 22.5 Å². The van der Waals surface area contributed by atoms with Gasteiger partial charge in [0.2, 0.25) is 0 Å². The molecule has 8 heteroatoms. The van der Waals surface area contributed by atoms with Crippen molar-refractivity contribution in [3.05, 3.63) is 10.4 Å². The molecule has 0 aliphatic heterocycles. The van der Waals surface area contributed by atoms with Gasteiger partial charge in [-0.1, -0.05) is 0 Å². The minimum absolute atomic E-state index is 0.0418. The topological polar surface area (TPSA) is 127 Å². The summed E-state index contributed by atoms with van der Waals surface area (Å²) in [5.41, 5.74) is 16.3. The molecule has 112 valence electrons. The third-order valence-electron chi connectivity index (χ3n) is 3.31. The number of amides is 2. The summed E-state index contributed by atoms with van der Waals surface area (Å²) < 4.78 is 0. The number of carbonyl (C=O) groups is 2. The summed E-state index contributed by atoms with van der Waals surface area (Å²) in [6, 6.07) is 0. The number of nitrogen functional groups attached to an aromatic ring is 1. The fourth-order valence-electron chi connectivity index (χ4n) is 1.45. The van der Waals surface area contributed by atoms with Crippen LogP contribution in [0, 0.1) is 0 Å². The summed E-state index contributed by atoms with van der Waals surface area (Å²) in [4.78, 5) is 24.9. The molecular weight excluding hydrogens is 278 g/mol. The number of thiophene rings is 1. The lowest BCUT2D eigenvalue weighted by molar-refractivity contribution is 0.0999. The van der Waals surface area contributed by atoms with Crippen molar-refractivity contribution >= 4 is 33.8 Å². The van der Waals surface area contributed by atoms with Crippen LogP contribution in [-0.4, -0.2) is 42.9 Å². The summed E-state index contributed by atoms with van der Waals surface area (Å²) in [5.74, 6) is -1.36. The van der Waals surface area contributed by atoms with Crippen molar-refractivity contribution in [2.75, 3.05) is 31.7 Å². The molecule has 0 fully saturated rings. The number of anilines is 2. The van der Waals surface area contributed by atoms with Crippen molar-refractivity contribution in [3.8, 4) is 0 Å². The zero-order valence-electron chi connectivity index (χ0n) is 12.1. The Bertz CT molecular complexity index is 536. The second-order valence-corrected chi connectivity index (χ2v) is 6.36. The van der Waals surface area contributed by atoms with Gasteiger partial charge in [0.15, 0.2) is 0 Å². The fraction of sp³-hybridized carbons (Fsp3) is 0.500. The maximum absolute atomic E-state index is 11.5. The third kappa shape index (κ3) is 3.20. The molecule has 0 aliphatic carbocycles. The lowest BCUT2D eigenvalue weighted by Gasteiger charge is -2.32. The summed E-state index contributed by atoms with van der Waals surface area (Å²) in [7, 11) is 3.91. The smallest absolute Gasteiger partial charge is 0.260 e. The Morgan fingerprint density at radius 3 is 2.20 bits per heavy atom. The summed E-state index contributed by atoms with van der Waals surface area (Å²) in [6.45, 7) is 4.63. The molecule has 1 aromatic heterocycles. The molecule has 0 unspecified atom stereocenters. The number of hydrogen-bond acceptors (Lipinski definition) is 6.